The van der Waals surface area contributed by atoms with Gasteiger partial charge in [0.2, 0.25) is 5.95 Å². The second kappa shape index (κ2) is 6.81. The lowest BCUT2D eigenvalue weighted by Gasteiger charge is -2.11. The van der Waals surface area contributed by atoms with Crippen LogP contribution in [0.3, 0.4) is 0 Å². The van der Waals surface area contributed by atoms with Crippen LogP contribution in [-0.2, 0) is 9.53 Å². The Bertz CT molecular complexity index is 1100. The van der Waals surface area contributed by atoms with Gasteiger partial charge in [0.15, 0.2) is 6.10 Å². The molecule has 0 spiro atoms. The molecule has 4 aromatic rings. The number of ether oxygens (including phenoxy) is 1. The maximum Gasteiger partial charge on any atom is 0.349 e. The van der Waals surface area contributed by atoms with E-state index in [1.165, 1.54) is 35.4 Å². The standard InChI is InChI=1S/C18H13N3O3S2/c1-10(16(22)21-18-19-7-4-8-20-18)24-17(23)14-9-13-15(26-14)11-5-2-3-6-12(11)25-13/h2-10H,1H3,(H,19,20,21,22)/t10-/m0/s1. The van der Waals surface area contributed by atoms with Crippen LogP contribution in [0.1, 0.15) is 16.6 Å². The Morgan fingerprint density at radius 2 is 1.85 bits per heavy atom. The highest BCUT2D eigenvalue weighted by molar-refractivity contribution is 7.33. The molecule has 0 aliphatic carbocycles. The molecule has 0 fully saturated rings. The molecule has 0 aliphatic rings. The predicted octanol–water partition coefficient (Wildman–Crippen LogP) is 4.09. The third-order valence-electron chi connectivity index (χ3n) is 3.70. The molecular formula is C18H13N3O3S2. The molecule has 1 amide bonds. The Balaban J connectivity index is 1.48. The van der Waals surface area contributed by atoms with Crippen LogP contribution in [0.2, 0.25) is 0 Å². The number of carbonyl (C=O) groups is 2. The van der Waals surface area contributed by atoms with E-state index in [1.807, 2.05) is 24.3 Å². The molecule has 6 nitrogen and oxygen atoms in total. The minimum atomic E-state index is -0.955. The van der Waals surface area contributed by atoms with Crippen molar-refractivity contribution in [3.05, 3.63) is 53.7 Å². The topological polar surface area (TPSA) is 81.2 Å². The highest BCUT2D eigenvalue weighted by atomic mass is 32.1. The molecular weight excluding hydrogens is 370 g/mol. The van der Waals surface area contributed by atoms with Crippen molar-refractivity contribution in [2.24, 2.45) is 0 Å². The number of amides is 1. The van der Waals surface area contributed by atoms with Crippen LogP contribution in [-0.4, -0.2) is 27.9 Å². The number of nitrogens with one attached hydrogen (secondary N) is 1. The molecule has 3 aromatic heterocycles. The van der Waals surface area contributed by atoms with Gasteiger partial charge in [0.25, 0.3) is 5.91 Å². The number of rotatable bonds is 4. The summed E-state index contributed by atoms with van der Waals surface area (Å²) in [5.41, 5.74) is 0. The number of thiophene rings is 2. The monoisotopic (exact) mass is 383 g/mol. The zero-order chi connectivity index (χ0) is 18.1. The number of fused-ring (bicyclic) bond motifs is 3. The minimum absolute atomic E-state index is 0.170. The fraction of sp³-hybridized carbons (Fsp3) is 0.111. The smallest absolute Gasteiger partial charge is 0.349 e. The van der Waals surface area contributed by atoms with E-state index in [2.05, 4.69) is 21.4 Å². The second-order valence-corrected chi connectivity index (χ2v) is 7.65. The van der Waals surface area contributed by atoms with Gasteiger partial charge in [0.1, 0.15) is 4.88 Å². The van der Waals surface area contributed by atoms with Crippen molar-refractivity contribution in [1.82, 2.24) is 9.97 Å². The maximum absolute atomic E-state index is 12.4. The maximum atomic E-state index is 12.4. The van der Waals surface area contributed by atoms with Gasteiger partial charge < -0.3 is 4.74 Å². The fourth-order valence-corrected chi connectivity index (χ4v) is 4.86. The van der Waals surface area contributed by atoms with Crippen molar-refractivity contribution >= 4 is 60.0 Å². The van der Waals surface area contributed by atoms with Crippen molar-refractivity contribution in [3.63, 3.8) is 0 Å². The minimum Gasteiger partial charge on any atom is -0.448 e. The molecule has 0 aliphatic heterocycles. The zero-order valence-corrected chi connectivity index (χ0v) is 15.3. The van der Waals surface area contributed by atoms with Crippen LogP contribution in [0, 0.1) is 0 Å². The third kappa shape index (κ3) is 3.16. The van der Waals surface area contributed by atoms with Crippen molar-refractivity contribution < 1.29 is 14.3 Å². The molecule has 0 saturated heterocycles. The molecule has 0 saturated carbocycles. The van der Waals surface area contributed by atoms with E-state index < -0.39 is 18.0 Å². The van der Waals surface area contributed by atoms with E-state index in [9.17, 15) is 9.59 Å². The van der Waals surface area contributed by atoms with Crippen LogP contribution in [0.15, 0.2) is 48.8 Å². The molecule has 0 bridgehead atoms. The zero-order valence-electron chi connectivity index (χ0n) is 13.6. The summed E-state index contributed by atoms with van der Waals surface area (Å²) in [6.07, 6.45) is 2.08. The number of benzene rings is 1. The van der Waals surface area contributed by atoms with E-state index in [4.69, 9.17) is 4.74 Å². The highest BCUT2D eigenvalue weighted by Crippen LogP contribution is 2.39. The lowest BCUT2D eigenvalue weighted by molar-refractivity contribution is -0.123. The predicted molar refractivity (Wildman–Crippen MR) is 103 cm³/mol. The summed E-state index contributed by atoms with van der Waals surface area (Å²) in [6.45, 7) is 1.52. The molecule has 3 heterocycles. The van der Waals surface area contributed by atoms with Crippen LogP contribution in [0.5, 0.6) is 0 Å². The van der Waals surface area contributed by atoms with Gasteiger partial charge in [-0.05, 0) is 25.1 Å². The Labute approximate surface area is 156 Å². The first kappa shape index (κ1) is 16.6. The van der Waals surface area contributed by atoms with Gasteiger partial charge in [-0.2, -0.15) is 0 Å². The van der Waals surface area contributed by atoms with E-state index in [0.29, 0.717) is 4.88 Å². The van der Waals surface area contributed by atoms with Crippen LogP contribution in [0.25, 0.3) is 19.5 Å². The number of hydrogen-bond acceptors (Lipinski definition) is 7. The third-order valence-corrected chi connectivity index (χ3v) is 6.10. The number of hydrogen-bond donors (Lipinski definition) is 1. The fourth-order valence-electron chi connectivity index (χ4n) is 2.45. The molecule has 8 heteroatoms. The Morgan fingerprint density at radius 3 is 2.65 bits per heavy atom. The van der Waals surface area contributed by atoms with E-state index in [1.54, 1.807) is 17.4 Å². The van der Waals surface area contributed by atoms with Crippen molar-refractivity contribution in [2.75, 3.05) is 5.32 Å². The summed E-state index contributed by atoms with van der Waals surface area (Å²) in [5.74, 6) is -0.823. The normalized spacial score (nSPS) is 12.2. The largest absolute Gasteiger partial charge is 0.448 e. The van der Waals surface area contributed by atoms with Crippen molar-refractivity contribution in [1.29, 1.82) is 0 Å². The van der Waals surface area contributed by atoms with Gasteiger partial charge >= 0.3 is 5.97 Å². The average molecular weight is 383 g/mol. The molecule has 0 unspecified atom stereocenters. The molecule has 4 rings (SSSR count). The van der Waals surface area contributed by atoms with Gasteiger partial charge in [0.05, 0.1) is 4.70 Å². The summed E-state index contributed by atoms with van der Waals surface area (Å²) in [6, 6.07) is 11.5. The first-order chi connectivity index (χ1) is 12.6. The second-order valence-electron chi connectivity index (χ2n) is 5.51. The average Bonchev–Trinajstić information content (AvgIpc) is 3.20. The molecule has 1 N–H and O–H groups in total. The number of nitrogens with zero attached hydrogens (tertiary/aromatic N) is 2. The van der Waals surface area contributed by atoms with Crippen LogP contribution in [0.4, 0.5) is 5.95 Å². The Morgan fingerprint density at radius 1 is 1.08 bits per heavy atom. The number of aromatic nitrogens is 2. The molecule has 0 radical (unpaired) electrons. The summed E-state index contributed by atoms with van der Waals surface area (Å²) < 4.78 is 8.58. The number of esters is 1. The molecule has 1 aromatic carbocycles. The summed E-state index contributed by atoms with van der Waals surface area (Å²) in [4.78, 5) is 32.8. The molecule has 130 valence electrons. The van der Waals surface area contributed by atoms with Crippen molar-refractivity contribution in [3.8, 4) is 0 Å². The highest BCUT2D eigenvalue weighted by Gasteiger charge is 2.22. The quantitative estimate of drug-likeness (QED) is 0.537. The lowest BCUT2D eigenvalue weighted by atomic mass is 10.2. The summed E-state index contributed by atoms with van der Waals surface area (Å²) in [7, 11) is 0. The van der Waals surface area contributed by atoms with Gasteiger partial charge in [-0.1, -0.05) is 18.2 Å². The first-order valence-electron chi connectivity index (χ1n) is 7.82. The van der Waals surface area contributed by atoms with Gasteiger partial charge in [-0.3, -0.25) is 10.1 Å². The molecule has 1 atom stereocenters. The Hall–Kier alpha value is -2.84. The van der Waals surface area contributed by atoms with Crippen LogP contribution < -0.4 is 5.32 Å². The van der Waals surface area contributed by atoms with E-state index >= 15 is 0 Å². The number of anilines is 1. The SMILES string of the molecule is C[C@H](OC(=O)c1cc2sc3ccccc3c2s1)C(=O)Nc1ncccn1. The Kier molecular flexibility index (Phi) is 4.36. The van der Waals surface area contributed by atoms with Gasteiger partial charge in [0, 0.05) is 27.2 Å². The summed E-state index contributed by atoms with van der Waals surface area (Å²) in [5, 5.41) is 3.64. The van der Waals surface area contributed by atoms with Gasteiger partial charge in [-0.25, -0.2) is 14.8 Å². The lowest BCUT2D eigenvalue weighted by Crippen LogP contribution is -2.30. The summed E-state index contributed by atoms with van der Waals surface area (Å²) >= 11 is 3.01. The first-order valence-corrected chi connectivity index (χ1v) is 9.45. The van der Waals surface area contributed by atoms with E-state index in [-0.39, 0.29) is 5.95 Å². The number of carbonyl (C=O) groups excluding carboxylic acids is 2. The van der Waals surface area contributed by atoms with E-state index in [0.717, 1.165) is 14.8 Å². The van der Waals surface area contributed by atoms with Crippen molar-refractivity contribution in [2.45, 2.75) is 13.0 Å². The van der Waals surface area contributed by atoms with Gasteiger partial charge in [-0.15, -0.1) is 22.7 Å². The van der Waals surface area contributed by atoms with Crippen LogP contribution >= 0.6 is 22.7 Å². The molecule has 26 heavy (non-hydrogen) atoms.